The van der Waals surface area contributed by atoms with Gasteiger partial charge in [-0.25, -0.2) is 0 Å². The Hall–Kier alpha value is -0.650. The van der Waals surface area contributed by atoms with Crippen LogP contribution in [0.2, 0.25) is 0 Å². The summed E-state index contributed by atoms with van der Waals surface area (Å²) >= 11 is 0. The topological polar surface area (TPSA) is 78.6 Å². The zero-order chi connectivity index (χ0) is 13.6. The van der Waals surface area contributed by atoms with Crippen molar-refractivity contribution in [2.45, 2.75) is 39.3 Å². The van der Waals surface area contributed by atoms with Gasteiger partial charge in [-0.3, -0.25) is 4.79 Å². The summed E-state index contributed by atoms with van der Waals surface area (Å²) in [6, 6.07) is -0.479. The van der Waals surface area contributed by atoms with Crippen LogP contribution in [0.4, 0.5) is 0 Å². The van der Waals surface area contributed by atoms with Crippen molar-refractivity contribution in [3.05, 3.63) is 0 Å². The largest absolute Gasteiger partial charge is 0.391 e. The van der Waals surface area contributed by atoms with Crippen molar-refractivity contribution in [1.29, 1.82) is 0 Å². The average molecular weight is 245 g/mol. The van der Waals surface area contributed by atoms with Crippen molar-refractivity contribution in [2.24, 2.45) is 11.1 Å². The molecule has 1 aliphatic heterocycles. The first-order valence-electron chi connectivity index (χ1n) is 6.05. The second-order valence-corrected chi connectivity index (χ2v) is 5.57. The van der Waals surface area contributed by atoms with Gasteiger partial charge in [-0.2, -0.15) is 0 Å². The predicted molar refractivity (Wildman–Crippen MR) is 69.6 cm³/mol. The first-order chi connectivity index (χ1) is 7.73. The van der Waals surface area contributed by atoms with E-state index in [0.717, 1.165) is 0 Å². The Kier molecular flexibility index (Phi) is 6.67. The lowest BCUT2D eigenvalue weighted by atomic mass is 9.86. The van der Waals surface area contributed by atoms with Crippen molar-refractivity contribution in [3.8, 4) is 0 Å². The van der Waals surface area contributed by atoms with Gasteiger partial charge >= 0.3 is 0 Å². The van der Waals surface area contributed by atoms with E-state index in [1.54, 1.807) is 4.90 Å². The number of β-amino-alcohol motifs (C(OH)–C–C–N with tert-alkyl or cyclic N) is 1. The summed E-state index contributed by atoms with van der Waals surface area (Å²) in [4.78, 5) is 13.5. The van der Waals surface area contributed by atoms with Gasteiger partial charge in [0.05, 0.1) is 12.1 Å². The Balaban J connectivity index is 0.000000770. The van der Waals surface area contributed by atoms with Crippen LogP contribution >= 0.6 is 0 Å². The van der Waals surface area contributed by atoms with Crippen LogP contribution in [-0.4, -0.2) is 55.2 Å². The fourth-order valence-corrected chi connectivity index (χ4v) is 1.51. The Labute approximate surface area is 104 Å². The number of carbonyl (C=O) groups is 1. The summed E-state index contributed by atoms with van der Waals surface area (Å²) in [5.74, 6) is -0.0472. The molecule has 0 aromatic carbocycles. The third kappa shape index (κ3) is 5.48. The van der Waals surface area contributed by atoms with Crippen molar-refractivity contribution >= 4 is 5.91 Å². The molecule has 0 aromatic rings. The van der Waals surface area contributed by atoms with Crippen LogP contribution in [-0.2, 0) is 4.79 Å². The van der Waals surface area contributed by atoms with Crippen molar-refractivity contribution in [3.63, 3.8) is 0 Å². The highest BCUT2D eigenvalue weighted by atomic mass is 16.3. The van der Waals surface area contributed by atoms with E-state index in [2.05, 4.69) is 5.32 Å². The zero-order valence-corrected chi connectivity index (χ0v) is 11.7. The normalized spacial score (nSPS) is 21.8. The summed E-state index contributed by atoms with van der Waals surface area (Å²) < 4.78 is 0. The quantitative estimate of drug-likeness (QED) is 0.597. The van der Waals surface area contributed by atoms with Crippen LogP contribution in [0.25, 0.3) is 0 Å². The molecule has 5 heteroatoms. The van der Waals surface area contributed by atoms with Gasteiger partial charge in [0.15, 0.2) is 0 Å². The molecule has 4 N–H and O–H groups in total. The molecule has 1 heterocycles. The van der Waals surface area contributed by atoms with Crippen molar-refractivity contribution in [2.75, 3.05) is 27.2 Å². The van der Waals surface area contributed by atoms with Gasteiger partial charge in [-0.1, -0.05) is 20.8 Å². The maximum atomic E-state index is 11.8. The van der Waals surface area contributed by atoms with Gasteiger partial charge in [0, 0.05) is 13.1 Å². The third-order valence-corrected chi connectivity index (χ3v) is 2.67. The molecule has 0 radical (unpaired) electrons. The molecule has 2 unspecified atom stereocenters. The Morgan fingerprint density at radius 2 is 1.94 bits per heavy atom. The molecule has 1 saturated heterocycles. The van der Waals surface area contributed by atoms with Crippen LogP contribution in [0.5, 0.6) is 0 Å². The number of nitrogens with zero attached hydrogens (tertiary/aromatic N) is 1. The van der Waals surface area contributed by atoms with Crippen LogP contribution in [0.1, 0.15) is 27.2 Å². The summed E-state index contributed by atoms with van der Waals surface area (Å²) in [5.41, 5.74) is 5.63. The number of nitrogens with two attached hydrogens (primary N) is 1. The average Bonchev–Trinajstić information content (AvgIpc) is 2.62. The first-order valence-corrected chi connectivity index (χ1v) is 6.05. The second-order valence-electron chi connectivity index (χ2n) is 5.57. The zero-order valence-electron chi connectivity index (χ0n) is 11.7. The van der Waals surface area contributed by atoms with Gasteiger partial charge in [0.1, 0.15) is 0 Å². The molecule has 17 heavy (non-hydrogen) atoms. The van der Waals surface area contributed by atoms with Crippen LogP contribution < -0.4 is 11.1 Å². The second kappa shape index (κ2) is 6.93. The summed E-state index contributed by atoms with van der Waals surface area (Å²) in [6.45, 7) is 6.90. The lowest BCUT2D eigenvalue weighted by molar-refractivity contribution is -0.134. The van der Waals surface area contributed by atoms with E-state index in [4.69, 9.17) is 5.73 Å². The van der Waals surface area contributed by atoms with Gasteiger partial charge in [-0.05, 0) is 25.9 Å². The number of amides is 1. The van der Waals surface area contributed by atoms with E-state index in [0.29, 0.717) is 19.5 Å². The molecule has 0 bridgehead atoms. The number of carbonyl (C=O) groups excluding carboxylic acids is 1. The number of hydrogen-bond acceptors (Lipinski definition) is 4. The van der Waals surface area contributed by atoms with Gasteiger partial charge in [0.2, 0.25) is 5.91 Å². The molecule has 1 rings (SSSR count). The van der Waals surface area contributed by atoms with E-state index < -0.39 is 6.04 Å². The van der Waals surface area contributed by atoms with Gasteiger partial charge in [0.25, 0.3) is 0 Å². The maximum absolute atomic E-state index is 11.8. The maximum Gasteiger partial charge on any atom is 0.240 e. The van der Waals surface area contributed by atoms with E-state index in [9.17, 15) is 9.90 Å². The fraction of sp³-hybridized carbons (Fsp3) is 0.917. The monoisotopic (exact) mass is 245 g/mol. The van der Waals surface area contributed by atoms with Gasteiger partial charge < -0.3 is 21.1 Å². The molecule has 1 amide bonds. The Morgan fingerprint density at radius 1 is 1.47 bits per heavy atom. The third-order valence-electron chi connectivity index (χ3n) is 2.67. The first kappa shape index (κ1) is 16.4. The van der Waals surface area contributed by atoms with E-state index >= 15 is 0 Å². The minimum Gasteiger partial charge on any atom is -0.391 e. The number of aliphatic hydroxyl groups is 1. The van der Waals surface area contributed by atoms with E-state index in [1.165, 1.54) is 0 Å². The molecule has 0 aliphatic carbocycles. The van der Waals surface area contributed by atoms with Crippen molar-refractivity contribution < 1.29 is 9.90 Å². The number of rotatable bonds is 1. The molecular weight excluding hydrogens is 218 g/mol. The molecule has 0 saturated carbocycles. The number of nitrogens with one attached hydrogen (secondary N) is 1. The molecule has 0 spiro atoms. The molecule has 1 aliphatic rings. The fourth-order valence-electron chi connectivity index (χ4n) is 1.51. The standard InChI is InChI=1S/C10H20N2O2.C2H7N/c1-10(2,3)8(11)9(14)12-5-4-7(13)6-12;1-3-2/h7-8,13H,4-6,11H2,1-3H3;3H,1-2H3. The highest BCUT2D eigenvalue weighted by Crippen LogP contribution is 2.21. The SMILES string of the molecule is CC(C)(C)C(N)C(=O)N1CCC(O)C1.CNC. The molecular formula is C12H27N3O2. The summed E-state index contributed by atoms with van der Waals surface area (Å²) in [7, 11) is 3.75. The summed E-state index contributed by atoms with van der Waals surface area (Å²) in [5, 5.41) is 12.0. The minimum absolute atomic E-state index is 0.0472. The number of likely N-dealkylation sites (tertiary alicyclic amines) is 1. The molecule has 1 fully saturated rings. The Morgan fingerprint density at radius 3 is 2.24 bits per heavy atom. The molecule has 5 nitrogen and oxygen atoms in total. The van der Waals surface area contributed by atoms with E-state index in [-0.39, 0.29) is 17.4 Å². The number of hydrogen-bond donors (Lipinski definition) is 3. The van der Waals surface area contributed by atoms with Crippen molar-refractivity contribution in [1.82, 2.24) is 10.2 Å². The highest BCUT2D eigenvalue weighted by Gasteiger charge is 2.34. The number of aliphatic hydroxyl groups excluding tert-OH is 1. The van der Waals surface area contributed by atoms with Gasteiger partial charge in [-0.15, -0.1) is 0 Å². The summed E-state index contributed by atoms with van der Waals surface area (Å²) in [6.07, 6.45) is 0.300. The predicted octanol–water partition coefficient (Wildman–Crippen LogP) is -0.211. The van der Waals surface area contributed by atoms with Crippen LogP contribution in [0, 0.1) is 5.41 Å². The van der Waals surface area contributed by atoms with Crippen LogP contribution in [0.3, 0.4) is 0 Å². The smallest absolute Gasteiger partial charge is 0.240 e. The van der Waals surface area contributed by atoms with E-state index in [1.807, 2.05) is 34.9 Å². The highest BCUT2D eigenvalue weighted by molar-refractivity contribution is 5.82. The minimum atomic E-state index is -0.479. The Bertz CT molecular complexity index is 238. The molecule has 2 atom stereocenters. The van der Waals surface area contributed by atoms with Crippen LogP contribution in [0.15, 0.2) is 0 Å². The molecule has 0 aromatic heterocycles. The lowest BCUT2D eigenvalue weighted by Crippen LogP contribution is -2.49. The lowest BCUT2D eigenvalue weighted by Gasteiger charge is -2.29. The molecule has 102 valence electrons.